The van der Waals surface area contributed by atoms with Crippen LogP contribution in [-0.2, 0) is 0 Å². The van der Waals surface area contributed by atoms with E-state index in [0.717, 1.165) is 12.1 Å². The first-order valence-electron chi connectivity index (χ1n) is 6.35. The minimum atomic E-state index is 0.133. The first-order chi connectivity index (χ1) is 8.27. The summed E-state index contributed by atoms with van der Waals surface area (Å²) in [5, 5.41) is 0.660. The maximum Gasteiger partial charge on any atom is 0.0632 e. The first kappa shape index (κ1) is 14.4. The molecular weight excluding hydrogens is 234 g/mol. The van der Waals surface area contributed by atoms with Crippen LogP contribution in [0.5, 0.6) is 0 Å². The molecule has 4 heteroatoms. The second-order valence-corrected chi connectivity index (χ2v) is 4.76. The normalized spacial score (nSPS) is 12.6. The molecule has 1 aromatic rings. The topological polar surface area (TPSA) is 50.9 Å². The van der Waals surface area contributed by atoms with Crippen LogP contribution in [0.1, 0.15) is 57.2 Å². The minimum absolute atomic E-state index is 0.133. The lowest BCUT2D eigenvalue weighted by Crippen LogP contribution is -2.28. The van der Waals surface area contributed by atoms with Crippen LogP contribution in [0.4, 0.5) is 0 Å². The van der Waals surface area contributed by atoms with E-state index in [2.05, 4.69) is 17.3 Å². The number of hydrogen-bond acceptors (Lipinski definition) is 3. The number of rotatable bonds is 8. The Morgan fingerprint density at radius 3 is 2.65 bits per heavy atom. The number of halogens is 1. The largest absolute Gasteiger partial charge is 0.271 e. The molecule has 3 N–H and O–H groups in total. The van der Waals surface area contributed by atoms with Gasteiger partial charge in [-0.3, -0.25) is 16.3 Å². The van der Waals surface area contributed by atoms with E-state index in [4.69, 9.17) is 17.4 Å². The summed E-state index contributed by atoms with van der Waals surface area (Å²) in [6, 6.07) is 3.92. The summed E-state index contributed by atoms with van der Waals surface area (Å²) >= 11 is 5.81. The molecule has 1 heterocycles. The zero-order valence-electron chi connectivity index (χ0n) is 10.5. The average Bonchev–Trinajstić information content (AvgIpc) is 2.35. The molecule has 0 aliphatic rings. The van der Waals surface area contributed by atoms with E-state index in [1.165, 1.54) is 32.1 Å². The van der Waals surface area contributed by atoms with Gasteiger partial charge < -0.3 is 0 Å². The van der Waals surface area contributed by atoms with Crippen molar-refractivity contribution in [2.45, 2.75) is 51.5 Å². The standard InChI is InChI=1S/C13H22ClN3/c1-2-3-4-5-6-7-13(17-15)12-9-8-11(14)10-16-12/h8-10,13,17H,2-7,15H2,1H3. The zero-order chi connectivity index (χ0) is 12.5. The van der Waals surface area contributed by atoms with Crippen molar-refractivity contribution in [1.29, 1.82) is 0 Å². The van der Waals surface area contributed by atoms with E-state index < -0.39 is 0 Å². The monoisotopic (exact) mass is 255 g/mol. The number of hydrogen-bond donors (Lipinski definition) is 2. The summed E-state index contributed by atoms with van der Waals surface area (Å²) in [7, 11) is 0. The second kappa shape index (κ2) is 8.45. The fraction of sp³-hybridized carbons (Fsp3) is 0.615. The SMILES string of the molecule is CCCCCCCC(NN)c1ccc(Cl)cn1. The molecule has 17 heavy (non-hydrogen) atoms. The molecule has 0 bridgehead atoms. The van der Waals surface area contributed by atoms with Crippen LogP contribution in [0.15, 0.2) is 18.3 Å². The van der Waals surface area contributed by atoms with Gasteiger partial charge in [0.05, 0.1) is 16.8 Å². The Balaban J connectivity index is 2.35. The fourth-order valence-corrected chi connectivity index (χ4v) is 1.97. The molecule has 96 valence electrons. The molecule has 0 aromatic carbocycles. The number of unbranched alkanes of at least 4 members (excludes halogenated alkanes) is 4. The van der Waals surface area contributed by atoms with Crippen LogP contribution in [0.3, 0.4) is 0 Å². The van der Waals surface area contributed by atoms with Gasteiger partial charge >= 0.3 is 0 Å². The molecule has 0 aliphatic carbocycles. The number of nitrogens with two attached hydrogens (primary N) is 1. The van der Waals surface area contributed by atoms with Crippen LogP contribution in [0.2, 0.25) is 5.02 Å². The number of hydrazine groups is 1. The molecule has 1 unspecified atom stereocenters. The molecule has 0 aliphatic heterocycles. The molecule has 0 spiro atoms. The van der Waals surface area contributed by atoms with Crippen molar-refractivity contribution < 1.29 is 0 Å². The summed E-state index contributed by atoms with van der Waals surface area (Å²) in [6.45, 7) is 2.22. The Morgan fingerprint density at radius 1 is 1.29 bits per heavy atom. The zero-order valence-corrected chi connectivity index (χ0v) is 11.2. The highest BCUT2D eigenvalue weighted by Gasteiger charge is 2.10. The Hall–Kier alpha value is -0.640. The number of nitrogens with one attached hydrogen (secondary N) is 1. The predicted octanol–water partition coefficient (Wildman–Crippen LogP) is 3.60. The van der Waals surface area contributed by atoms with Gasteiger partial charge in [-0.15, -0.1) is 0 Å². The Labute approximate surface area is 109 Å². The van der Waals surface area contributed by atoms with Crippen molar-refractivity contribution in [1.82, 2.24) is 10.4 Å². The molecule has 0 radical (unpaired) electrons. The molecule has 3 nitrogen and oxygen atoms in total. The van der Waals surface area contributed by atoms with Crippen LogP contribution in [0, 0.1) is 0 Å². The molecular formula is C13H22ClN3. The van der Waals surface area contributed by atoms with Crippen molar-refractivity contribution in [3.63, 3.8) is 0 Å². The lowest BCUT2D eigenvalue weighted by atomic mass is 10.0. The summed E-state index contributed by atoms with van der Waals surface area (Å²) < 4.78 is 0. The molecule has 0 amide bonds. The van der Waals surface area contributed by atoms with E-state index in [1.807, 2.05) is 12.1 Å². The number of aromatic nitrogens is 1. The highest BCUT2D eigenvalue weighted by Crippen LogP contribution is 2.19. The minimum Gasteiger partial charge on any atom is -0.271 e. The maximum atomic E-state index is 5.81. The van der Waals surface area contributed by atoms with E-state index in [-0.39, 0.29) is 6.04 Å². The van der Waals surface area contributed by atoms with Gasteiger partial charge in [-0.25, -0.2) is 0 Å². The quantitative estimate of drug-likeness (QED) is 0.424. The summed E-state index contributed by atoms with van der Waals surface area (Å²) in [5.41, 5.74) is 3.79. The Morgan fingerprint density at radius 2 is 2.06 bits per heavy atom. The van der Waals surface area contributed by atoms with Crippen molar-refractivity contribution in [3.8, 4) is 0 Å². The molecule has 1 aromatic heterocycles. The summed E-state index contributed by atoms with van der Waals surface area (Å²) in [4.78, 5) is 4.29. The van der Waals surface area contributed by atoms with Gasteiger partial charge in [0, 0.05) is 6.20 Å². The highest BCUT2D eigenvalue weighted by molar-refractivity contribution is 6.30. The molecule has 1 atom stereocenters. The van der Waals surface area contributed by atoms with Gasteiger partial charge in [0.15, 0.2) is 0 Å². The lowest BCUT2D eigenvalue weighted by molar-refractivity contribution is 0.470. The van der Waals surface area contributed by atoms with Crippen LogP contribution in [0.25, 0.3) is 0 Å². The van der Waals surface area contributed by atoms with E-state index in [1.54, 1.807) is 6.20 Å². The van der Waals surface area contributed by atoms with Crippen LogP contribution in [-0.4, -0.2) is 4.98 Å². The Kier molecular flexibility index (Phi) is 7.17. The maximum absolute atomic E-state index is 5.81. The first-order valence-corrected chi connectivity index (χ1v) is 6.73. The van der Waals surface area contributed by atoms with Gasteiger partial charge in [0.1, 0.15) is 0 Å². The van der Waals surface area contributed by atoms with Crippen LogP contribution >= 0.6 is 11.6 Å². The fourth-order valence-electron chi connectivity index (χ4n) is 1.86. The number of pyridine rings is 1. The molecule has 0 fully saturated rings. The smallest absolute Gasteiger partial charge is 0.0632 e. The second-order valence-electron chi connectivity index (χ2n) is 4.32. The third kappa shape index (κ3) is 5.48. The summed E-state index contributed by atoms with van der Waals surface area (Å²) in [5.74, 6) is 5.56. The third-order valence-electron chi connectivity index (χ3n) is 2.90. The van der Waals surface area contributed by atoms with Gasteiger partial charge in [0.2, 0.25) is 0 Å². The summed E-state index contributed by atoms with van der Waals surface area (Å²) in [6.07, 6.45) is 9.03. The van der Waals surface area contributed by atoms with Gasteiger partial charge in [-0.05, 0) is 18.6 Å². The average molecular weight is 256 g/mol. The third-order valence-corrected chi connectivity index (χ3v) is 3.13. The Bertz CT molecular complexity index is 300. The highest BCUT2D eigenvalue weighted by atomic mass is 35.5. The van der Waals surface area contributed by atoms with E-state index >= 15 is 0 Å². The number of nitrogens with zero attached hydrogens (tertiary/aromatic N) is 1. The lowest BCUT2D eigenvalue weighted by Gasteiger charge is -2.15. The van der Waals surface area contributed by atoms with Gasteiger partial charge in [-0.2, -0.15) is 0 Å². The van der Waals surface area contributed by atoms with Crippen molar-refractivity contribution in [2.75, 3.05) is 0 Å². The van der Waals surface area contributed by atoms with E-state index in [9.17, 15) is 0 Å². The molecule has 0 saturated carbocycles. The van der Waals surface area contributed by atoms with Crippen LogP contribution < -0.4 is 11.3 Å². The van der Waals surface area contributed by atoms with Crippen molar-refractivity contribution >= 4 is 11.6 Å². The molecule has 0 saturated heterocycles. The van der Waals surface area contributed by atoms with Gasteiger partial charge in [-0.1, -0.05) is 50.6 Å². The van der Waals surface area contributed by atoms with E-state index in [0.29, 0.717) is 5.02 Å². The molecule has 1 rings (SSSR count). The van der Waals surface area contributed by atoms with Crippen molar-refractivity contribution in [3.05, 3.63) is 29.0 Å². The predicted molar refractivity (Wildman–Crippen MR) is 72.7 cm³/mol. The van der Waals surface area contributed by atoms with Gasteiger partial charge in [0.25, 0.3) is 0 Å². The van der Waals surface area contributed by atoms with Crippen molar-refractivity contribution in [2.24, 2.45) is 5.84 Å².